The summed E-state index contributed by atoms with van der Waals surface area (Å²) in [5, 5.41) is 9.24. The number of rotatable bonds is 7. The normalized spacial score (nSPS) is 13.8. The quantitative estimate of drug-likeness (QED) is 0.701. The number of ketones is 1. The van der Waals surface area contributed by atoms with Crippen LogP contribution < -0.4 is 9.64 Å². The Hall–Kier alpha value is -2.84. The van der Waals surface area contributed by atoms with E-state index in [0.29, 0.717) is 28.7 Å². The topological polar surface area (TPSA) is 62.6 Å². The molecule has 5 nitrogen and oxygen atoms in total. The number of hydrogen-bond donors (Lipinski definition) is 0. The summed E-state index contributed by atoms with van der Waals surface area (Å²) < 4.78 is 11.5. The van der Waals surface area contributed by atoms with Crippen LogP contribution in [0.2, 0.25) is 0 Å². The standard InChI is InChI=1S/C21H22N2O3/c1-3-10-25-20-13-23(14-20)18-6-8-19(9-7-18)26-21-11-16(15(2)24)4-5-17(21)12-22/h4-9,11,20H,3,10,13-14H2,1-2H3. The van der Waals surface area contributed by atoms with Crippen LogP contribution in [0.1, 0.15) is 36.2 Å². The highest BCUT2D eigenvalue weighted by Gasteiger charge is 2.27. The van der Waals surface area contributed by atoms with E-state index in [9.17, 15) is 10.1 Å². The molecule has 0 bridgehead atoms. The molecular formula is C21H22N2O3. The fourth-order valence-corrected chi connectivity index (χ4v) is 2.81. The lowest BCUT2D eigenvalue weighted by atomic mass is 10.1. The zero-order valence-corrected chi connectivity index (χ0v) is 15.1. The third-order valence-electron chi connectivity index (χ3n) is 4.34. The Morgan fingerprint density at radius 3 is 2.58 bits per heavy atom. The molecule has 1 saturated heterocycles. The maximum Gasteiger partial charge on any atom is 0.159 e. The average molecular weight is 350 g/mol. The molecule has 0 saturated carbocycles. The number of nitrogens with zero attached hydrogens (tertiary/aromatic N) is 2. The number of benzene rings is 2. The van der Waals surface area contributed by atoms with E-state index in [1.54, 1.807) is 18.2 Å². The first kappa shape index (κ1) is 18.0. The van der Waals surface area contributed by atoms with Crippen LogP contribution in [-0.4, -0.2) is 31.6 Å². The number of hydrogen-bond acceptors (Lipinski definition) is 5. The predicted molar refractivity (Wildman–Crippen MR) is 99.9 cm³/mol. The summed E-state index contributed by atoms with van der Waals surface area (Å²) in [7, 11) is 0. The van der Waals surface area contributed by atoms with Gasteiger partial charge in [0.25, 0.3) is 0 Å². The monoisotopic (exact) mass is 350 g/mol. The molecule has 26 heavy (non-hydrogen) atoms. The smallest absolute Gasteiger partial charge is 0.159 e. The average Bonchev–Trinajstić information content (AvgIpc) is 2.61. The fourth-order valence-electron chi connectivity index (χ4n) is 2.81. The van der Waals surface area contributed by atoms with Crippen LogP contribution in [0.25, 0.3) is 0 Å². The van der Waals surface area contributed by atoms with Crippen molar-refractivity contribution >= 4 is 11.5 Å². The van der Waals surface area contributed by atoms with Gasteiger partial charge >= 0.3 is 0 Å². The molecule has 5 heteroatoms. The van der Waals surface area contributed by atoms with Crippen molar-refractivity contribution in [2.75, 3.05) is 24.6 Å². The Morgan fingerprint density at radius 1 is 1.23 bits per heavy atom. The van der Waals surface area contributed by atoms with Crippen molar-refractivity contribution in [2.45, 2.75) is 26.4 Å². The number of Topliss-reactive ketones (excluding diaryl/α,β-unsaturated/α-hetero) is 1. The van der Waals surface area contributed by atoms with Gasteiger partial charge in [-0.05, 0) is 55.8 Å². The molecule has 0 amide bonds. The molecule has 0 radical (unpaired) electrons. The van der Waals surface area contributed by atoms with Gasteiger partial charge in [-0.15, -0.1) is 0 Å². The summed E-state index contributed by atoms with van der Waals surface area (Å²) in [6, 6.07) is 14.7. The first-order valence-electron chi connectivity index (χ1n) is 8.80. The van der Waals surface area contributed by atoms with Crippen molar-refractivity contribution in [1.29, 1.82) is 5.26 Å². The van der Waals surface area contributed by atoms with Crippen LogP contribution in [0.4, 0.5) is 5.69 Å². The van der Waals surface area contributed by atoms with Gasteiger partial charge in [0.1, 0.15) is 17.6 Å². The third-order valence-corrected chi connectivity index (χ3v) is 4.34. The second kappa shape index (κ2) is 8.03. The lowest BCUT2D eigenvalue weighted by molar-refractivity contribution is 0.0348. The van der Waals surface area contributed by atoms with E-state index in [2.05, 4.69) is 17.9 Å². The van der Waals surface area contributed by atoms with Gasteiger partial charge in [-0.25, -0.2) is 0 Å². The Bertz CT molecular complexity index is 818. The van der Waals surface area contributed by atoms with Gasteiger partial charge in [-0.1, -0.05) is 6.92 Å². The molecule has 0 N–H and O–H groups in total. The van der Waals surface area contributed by atoms with Crippen molar-refractivity contribution in [3.63, 3.8) is 0 Å². The molecule has 1 aliphatic heterocycles. The van der Waals surface area contributed by atoms with Crippen LogP contribution in [-0.2, 0) is 4.74 Å². The molecule has 1 heterocycles. The third kappa shape index (κ3) is 4.04. The van der Waals surface area contributed by atoms with Gasteiger partial charge in [0, 0.05) is 30.9 Å². The molecular weight excluding hydrogens is 328 g/mol. The highest BCUT2D eigenvalue weighted by atomic mass is 16.5. The van der Waals surface area contributed by atoms with E-state index in [-0.39, 0.29) is 5.78 Å². The number of nitriles is 1. The Morgan fingerprint density at radius 2 is 1.96 bits per heavy atom. The van der Waals surface area contributed by atoms with E-state index >= 15 is 0 Å². The minimum atomic E-state index is -0.0627. The molecule has 0 spiro atoms. The maximum absolute atomic E-state index is 11.5. The maximum atomic E-state index is 11.5. The second-order valence-corrected chi connectivity index (χ2v) is 6.37. The van der Waals surface area contributed by atoms with E-state index in [1.807, 2.05) is 24.3 Å². The van der Waals surface area contributed by atoms with Crippen molar-refractivity contribution in [1.82, 2.24) is 0 Å². The largest absolute Gasteiger partial charge is 0.456 e. The molecule has 0 aromatic heterocycles. The summed E-state index contributed by atoms with van der Waals surface area (Å²) in [6.45, 7) is 6.22. The molecule has 0 aliphatic carbocycles. The van der Waals surface area contributed by atoms with Gasteiger partial charge in [0.05, 0.1) is 11.7 Å². The van der Waals surface area contributed by atoms with Gasteiger partial charge in [-0.3, -0.25) is 4.79 Å². The van der Waals surface area contributed by atoms with Crippen molar-refractivity contribution in [3.8, 4) is 17.6 Å². The summed E-state index contributed by atoms with van der Waals surface area (Å²) in [5.41, 5.74) is 2.04. The molecule has 0 unspecified atom stereocenters. The van der Waals surface area contributed by atoms with Crippen molar-refractivity contribution in [3.05, 3.63) is 53.6 Å². The van der Waals surface area contributed by atoms with Gasteiger partial charge in [0.15, 0.2) is 5.78 Å². The van der Waals surface area contributed by atoms with Crippen molar-refractivity contribution in [2.24, 2.45) is 0 Å². The van der Waals surface area contributed by atoms with Crippen LogP contribution in [0.3, 0.4) is 0 Å². The van der Waals surface area contributed by atoms with Crippen LogP contribution in [0.15, 0.2) is 42.5 Å². The number of ether oxygens (including phenoxy) is 2. The highest BCUT2D eigenvalue weighted by molar-refractivity contribution is 5.94. The van der Waals surface area contributed by atoms with Gasteiger partial charge < -0.3 is 14.4 Å². The SMILES string of the molecule is CCCOC1CN(c2ccc(Oc3cc(C(C)=O)ccc3C#N)cc2)C1. The Balaban J connectivity index is 1.66. The molecule has 1 fully saturated rings. The predicted octanol–water partition coefficient (Wildman–Crippen LogP) is 4.17. The molecule has 1 aliphatic rings. The Labute approximate surface area is 153 Å². The minimum Gasteiger partial charge on any atom is -0.456 e. The summed E-state index contributed by atoms with van der Waals surface area (Å²) in [5.74, 6) is 0.961. The molecule has 3 rings (SSSR count). The fraction of sp³-hybridized carbons (Fsp3) is 0.333. The zero-order valence-electron chi connectivity index (χ0n) is 15.1. The lowest BCUT2D eigenvalue weighted by Crippen LogP contribution is -2.52. The first-order chi connectivity index (χ1) is 12.6. The first-order valence-corrected chi connectivity index (χ1v) is 8.80. The van der Waals surface area contributed by atoms with Crippen LogP contribution >= 0.6 is 0 Å². The van der Waals surface area contributed by atoms with E-state index in [4.69, 9.17) is 9.47 Å². The minimum absolute atomic E-state index is 0.0627. The summed E-state index contributed by atoms with van der Waals surface area (Å²) in [4.78, 5) is 13.8. The summed E-state index contributed by atoms with van der Waals surface area (Å²) in [6.07, 6.45) is 1.36. The second-order valence-electron chi connectivity index (χ2n) is 6.37. The molecule has 0 atom stereocenters. The number of carbonyl (C=O) groups is 1. The van der Waals surface area contributed by atoms with E-state index in [1.165, 1.54) is 6.92 Å². The lowest BCUT2D eigenvalue weighted by Gasteiger charge is -2.40. The van der Waals surface area contributed by atoms with Gasteiger partial charge in [0.2, 0.25) is 0 Å². The Kier molecular flexibility index (Phi) is 5.55. The summed E-state index contributed by atoms with van der Waals surface area (Å²) >= 11 is 0. The van der Waals surface area contributed by atoms with Crippen molar-refractivity contribution < 1.29 is 14.3 Å². The van der Waals surface area contributed by atoms with E-state index < -0.39 is 0 Å². The van der Waals surface area contributed by atoms with E-state index in [0.717, 1.165) is 31.8 Å². The number of carbonyl (C=O) groups excluding carboxylic acids is 1. The zero-order chi connectivity index (χ0) is 18.5. The molecule has 2 aromatic rings. The molecule has 134 valence electrons. The number of anilines is 1. The highest BCUT2D eigenvalue weighted by Crippen LogP contribution is 2.29. The van der Waals surface area contributed by atoms with Gasteiger partial charge in [-0.2, -0.15) is 5.26 Å². The van der Waals surface area contributed by atoms with Crippen LogP contribution in [0, 0.1) is 11.3 Å². The van der Waals surface area contributed by atoms with Crippen LogP contribution in [0.5, 0.6) is 11.5 Å². The molecule has 2 aromatic carbocycles.